The number of halogens is 1. The number of hydrogen-bond donors (Lipinski definition) is 3. The van der Waals surface area contributed by atoms with Crippen LogP contribution in [-0.4, -0.2) is 30.8 Å². The van der Waals surface area contributed by atoms with Crippen LogP contribution in [0.1, 0.15) is 30.9 Å². The molecule has 0 spiro atoms. The van der Waals surface area contributed by atoms with Gasteiger partial charge in [-0.2, -0.15) is 0 Å². The van der Waals surface area contributed by atoms with Gasteiger partial charge >= 0.3 is 0 Å². The number of nitrogens with zero attached hydrogens (tertiary/aromatic N) is 1. The van der Waals surface area contributed by atoms with Crippen molar-refractivity contribution < 1.29 is 14.3 Å². The summed E-state index contributed by atoms with van der Waals surface area (Å²) in [6.07, 6.45) is 2.18. The van der Waals surface area contributed by atoms with E-state index in [1.165, 1.54) is 12.1 Å². The van der Waals surface area contributed by atoms with E-state index in [1.54, 1.807) is 6.07 Å². The van der Waals surface area contributed by atoms with Crippen molar-refractivity contribution in [2.45, 2.75) is 26.3 Å². The molecular formula is C14H22FN3O2. The molecule has 0 amide bonds. The van der Waals surface area contributed by atoms with E-state index >= 15 is 0 Å². The molecule has 0 aliphatic rings. The lowest BCUT2D eigenvalue weighted by Gasteiger charge is -2.10. The summed E-state index contributed by atoms with van der Waals surface area (Å²) >= 11 is 0. The first-order valence-electron chi connectivity index (χ1n) is 6.73. The summed E-state index contributed by atoms with van der Waals surface area (Å²) in [4.78, 5) is 0. The summed E-state index contributed by atoms with van der Waals surface area (Å²) in [6.45, 7) is 4.70. The molecule has 5 nitrogen and oxygen atoms in total. The van der Waals surface area contributed by atoms with Crippen LogP contribution < -0.4 is 11.1 Å². The van der Waals surface area contributed by atoms with E-state index in [-0.39, 0.29) is 5.84 Å². The van der Waals surface area contributed by atoms with Crippen molar-refractivity contribution in [3.05, 3.63) is 35.1 Å². The first-order chi connectivity index (χ1) is 9.69. The minimum atomic E-state index is -0.418. The third-order valence-electron chi connectivity index (χ3n) is 2.84. The van der Waals surface area contributed by atoms with E-state index in [9.17, 15) is 4.39 Å². The first-order valence-corrected chi connectivity index (χ1v) is 6.73. The van der Waals surface area contributed by atoms with Crippen LogP contribution in [0.3, 0.4) is 0 Å². The zero-order valence-electron chi connectivity index (χ0n) is 11.7. The number of rotatable bonds is 9. The Kier molecular flexibility index (Phi) is 7.60. The van der Waals surface area contributed by atoms with Crippen molar-refractivity contribution >= 4 is 5.84 Å². The van der Waals surface area contributed by atoms with Gasteiger partial charge in [-0.05, 0) is 24.1 Å². The monoisotopic (exact) mass is 283 g/mol. The average molecular weight is 283 g/mol. The Morgan fingerprint density at radius 1 is 1.45 bits per heavy atom. The van der Waals surface area contributed by atoms with Gasteiger partial charge in [0.2, 0.25) is 0 Å². The second-order valence-corrected chi connectivity index (χ2v) is 4.43. The molecule has 4 N–H and O–H groups in total. The molecule has 0 saturated carbocycles. The summed E-state index contributed by atoms with van der Waals surface area (Å²) in [6, 6.07) is 4.22. The molecule has 1 aromatic rings. The standard InChI is InChI=1S/C14H22FN3O2/c1-2-3-7-20-8-6-17-10-11-4-5-12(15)9-13(11)14(16)18-19/h4-5,9,17,19H,2-3,6-8,10H2,1H3,(H2,16,18). The number of benzene rings is 1. The molecule has 20 heavy (non-hydrogen) atoms. The van der Waals surface area contributed by atoms with Crippen LogP contribution in [0.5, 0.6) is 0 Å². The predicted octanol–water partition coefficient (Wildman–Crippen LogP) is 1.83. The number of ether oxygens (including phenoxy) is 1. The van der Waals surface area contributed by atoms with Gasteiger partial charge in [-0.3, -0.25) is 0 Å². The highest BCUT2D eigenvalue weighted by molar-refractivity contribution is 5.98. The first kappa shape index (κ1) is 16.4. The number of hydrogen-bond acceptors (Lipinski definition) is 4. The van der Waals surface area contributed by atoms with E-state index in [1.807, 2.05) is 0 Å². The molecular weight excluding hydrogens is 261 g/mol. The van der Waals surface area contributed by atoms with Crippen molar-refractivity contribution in [1.29, 1.82) is 0 Å². The number of amidine groups is 1. The Labute approximate surface area is 118 Å². The lowest BCUT2D eigenvalue weighted by atomic mass is 10.1. The second-order valence-electron chi connectivity index (χ2n) is 4.43. The maximum Gasteiger partial charge on any atom is 0.170 e. The van der Waals surface area contributed by atoms with Crippen LogP contribution >= 0.6 is 0 Å². The Morgan fingerprint density at radius 2 is 2.25 bits per heavy atom. The van der Waals surface area contributed by atoms with Crippen LogP contribution in [-0.2, 0) is 11.3 Å². The number of oxime groups is 1. The third kappa shape index (κ3) is 5.54. The molecule has 6 heteroatoms. The van der Waals surface area contributed by atoms with Crippen molar-refractivity contribution in [2.75, 3.05) is 19.8 Å². The highest BCUT2D eigenvalue weighted by atomic mass is 19.1. The molecule has 1 aromatic carbocycles. The Bertz CT molecular complexity index is 438. The minimum absolute atomic E-state index is 0.0968. The summed E-state index contributed by atoms with van der Waals surface area (Å²) in [5.41, 5.74) is 6.70. The lowest BCUT2D eigenvalue weighted by Crippen LogP contribution is -2.23. The van der Waals surface area contributed by atoms with Crippen molar-refractivity contribution in [1.82, 2.24) is 5.32 Å². The zero-order chi connectivity index (χ0) is 14.8. The number of nitrogens with two attached hydrogens (primary N) is 1. The molecule has 112 valence electrons. The second kappa shape index (κ2) is 9.28. The maximum atomic E-state index is 13.2. The van der Waals surface area contributed by atoms with E-state index < -0.39 is 5.82 Å². The molecule has 1 rings (SSSR count). The maximum absolute atomic E-state index is 13.2. The summed E-state index contributed by atoms with van der Waals surface area (Å²) < 4.78 is 18.6. The molecule has 0 aromatic heterocycles. The van der Waals surface area contributed by atoms with Gasteiger partial charge in [0, 0.05) is 25.3 Å². The van der Waals surface area contributed by atoms with Crippen molar-refractivity contribution in [2.24, 2.45) is 10.9 Å². The van der Waals surface area contributed by atoms with Gasteiger partial charge in [-0.15, -0.1) is 0 Å². The third-order valence-corrected chi connectivity index (χ3v) is 2.84. The zero-order valence-corrected chi connectivity index (χ0v) is 11.7. The predicted molar refractivity (Wildman–Crippen MR) is 76.3 cm³/mol. The van der Waals surface area contributed by atoms with E-state index in [2.05, 4.69) is 17.4 Å². The summed E-state index contributed by atoms with van der Waals surface area (Å²) in [5.74, 6) is -0.515. The van der Waals surface area contributed by atoms with Gasteiger partial charge in [0.15, 0.2) is 5.84 Å². The molecule has 0 saturated heterocycles. The van der Waals surface area contributed by atoms with E-state index in [0.29, 0.717) is 25.3 Å². The molecule has 0 aliphatic heterocycles. The molecule has 0 radical (unpaired) electrons. The topological polar surface area (TPSA) is 79.9 Å². The molecule has 0 atom stereocenters. The number of nitrogens with one attached hydrogen (secondary N) is 1. The molecule has 0 bridgehead atoms. The quantitative estimate of drug-likeness (QED) is 0.212. The molecule has 0 unspecified atom stereocenters. The van der Waals surface area contributed by atoms with E-state index in [4.69, 9.17) is 15.7 Å². The molecule has 0 aliphatic carbocycles. The van der Waals surface area contributed by atoms with E-state index in [0.717, 1.165) is 25.0 Å². The fourth-order valence-electron chi connectivity index (χ4n) is 1.71. The summed E-state index contributed by atoms with van der Waals surface area (Å²) in [5, 5.41) is 14.8. The highest BCUT2D eigenvalue weighted by Gasteiger charge is 2.08. The fourth-order valence-corrected chi connectivity index (χ4v) is 1.71. The average Bonchev–Trinajstić information content (AvgIpc) is 2.46. The van der Waals surface area contributed by atoms with Gasteiger partial charge < -0.3 is 21.0 Å². The Balaban J connectivity index is 2.43. The van der Waals surface area contributed by atoms with Gasteiger partial charge in [-0.25, -0.2) is 4.39 Å². The smallest absolute Gasteiger partial charge is 0.170 e. The van der Waals surface area contributed by atoms with Gasteiger partial charge in [0.25, 0.3) is 0 Å². The van der Waals surface area contributed by atoms with Gasteiger partial charge in [0.05, 0.1) is 6.61 Å². The van der Waals surface area contributed by atoms with Crippen LogP contribution in [0, 0.1) is 5.82 Å². The SMILES string of the molecule is CCCCOCCNCc1ccc(F)cc1C(N)=NO. The normalized spacial score (nSPS) is 11.8. The summed E-state index contributed by atoms with van der Waals surface area (Å²) in [7, 11) is 0. The Hall–Kier alpha value is -1.66. The largest absolute Gasteiger partial charge is 0.409 e. The van der Waals surface area contributed by atoms with Gasteiger partial charge in [0.1, 0.15) is 5.82 Å². The highest BCUT2D eigenvalue weighted by Crippen LogP contribution is 2.11. The Morgan fingerprint density at radius 3 is 2.95 bits per heavy atom. The fraction of sp³-hybridized carbons (Fsp3) is 0.500. The van der Waals surface area contributed by atoms with Crippen LogP contribution in [0.4, 0.5) is 4.39 Å². The minimum Gasteiger partial charge on any atom is -0.409 e. The van der Waals surface area contributed by atoms with Gasteiger partial charge in [-0.1, -0.05) is 24.6 Å². The molecule has 0 heterocycles. The van der Waals surface area contributed by atoms with Crippen molar-refractivity contribution in [3.8, 4) is 0 Å². The molecule has 0 fully saturated rings. The van der Waals surface area contributed by atoms with Crippen molar-refractivity contribution in [3.63, 3.8) is 0 Å². The van der Waals surface area contributed by atoms with Crippen LogP contribution in [0.15, 0.2) is 23.4 Å². The van der Waals surface area contributed by atoms with Crippen LogP contribution in [0.2, 0.25) is 0 Å². The lowest BCUT2D eigenvalue weighted by molar-refractivity contribution is 0.133. The number of unbranched alkanes of at least 4 members (excludes halogenated alkanes) is 1. The van der Waals surface area contributed by atoms with Crippen LogP contribution in [0.25, 0.3) is 0 Å².